The minimum Gasteiger partial charge on any atom is -0.245 e. The Hall–Kier alpha value is -0.900. The summed E-state index contributed by atoms with van der Waals surface area (Å²) < 4.78 is 1.18. The Labute approximate surface area is 100.0 Å². The second-order valence-electron chi connectivity index (χ2n) is 3.13. The van der Waals surface area contributed by atoms with Crippen LogP contribution < -0.4 is 0 Å². The van der Waals surface area contributed by atoms with E-state index in [4.69, 9.17) is 11.6 Å². The van der Waals surface area contributed by atoms with Crippen LogP contribution in [0.25, 0.3) is 20.7 Å². The smallest absolute Gasteiger partial charge is 0.0827 e. The Kier molecular flexibility index (Phi) is 2.24. The van der Waals surface area contributed by atoms with Crippen LogP contribution >= 0.6 is 34.3 Å². The van der Waals surface area contributed by atoms with Gasteiger partial charge in [-0.15, -0.1) is 22.7 Å². The molecule has 1 aromatic carbocycles. The van der Waals surface area contributed by atoms with E-state index < -0.39 is 0 Å². The third kappa shape index (κ3) is 1.57. The Morgan fingerprint density at radius 2 is 2.13 bits per heavy atom. The van der Waals surface area contributed by atoms with Crippen molar-refractivity contribution >= 4 is 44.5 Å². The molecule has 0 radical (unpaired) electrons. The van der Waals surface area contributed by atoms with Gasteiger partial charge in [-0.25, -0.2) is 4.98 Å². The molecule has 2 heterocycles. The van der Waals surface area contributed by atoms with Crippen molar-refractivity contribution in [2.45, 2.75) is 0 Å². The first-order chi connectivity index (χ1) is 7.34. The van der Waals surface area contributed by atoms with E-state index >= 15 is 0 Å². The van der Waals surface area contributed by atoms with Crippen LogP contribution in [0.3, 0.4) is 0 Å². The van der Waals surface area contributed by atoms with Crippen LogP contribution in [0.15, 0.2) is 35.2 Å². The first kappa shape index (κ1) is 9.33. The van der Waals surface area contributed by atoms with Gasteiger partial charge in [0.25, 0.3) is 0 Å². The van der Waals surface area contributed by atoms with Gasteiger partial charge in [0.1, 0.15) is 0 Å². The minimum absolute atomic E-state index is 0.774. The number of benzene rings is 1. The van der Waals surface area contributed by atoms with Crippen molar-refractivity contribution in [3.05, 3.63) is 40.2 Å². The maximum atomic E-state index is 6.22. The molecule has 0 bridgehead atoms. The van der Waals surface area contributed by atoms with Crippen LogP contribution in [0.5, 0.6) is 0 Å². The summed E-state index contributed by atoms with van der Waals surface area (Å²) in [6, 6.07) is 8.16. The molecule has 0 atom stereocenters. The van der Waals surface area contributed by atoms with Gasteiger partial charge in [-0.2, -0.15) is 0 Å². The maximum absolute atomic E-state index is 6.22. The van der Waals surface area contributed by atoms with Crippen LogP contribution in [0.1, 0.15) is 0 Å². The average Bonchev–Trinajstić information content (AvgIpc) is 2.85. The molecule has 3 rings (SSSR count). The zero-order valence-corrected chi connectivity index (χ0v) is 9.99. The molecule has 0 fully saturated rings. The fraction of sp³-hybridized carbons (Fsp3) is 0. The van der Waals surface area contributed by atoms with Gasteiger partial charge in [0.05, 0.1) is 20.7 Å². The van der Waals surface area contributed by atoms with Crippen LogP contribution in [-0.2, 0) is 0 Å². The molecule has 4 heteroatoms. The number of halogens is 1. The molecular weight excluding hydrogens is 246 g/mol. The molecule has 0 saturated carbocycles. The molecule has 0 unspecified atom stereocenters. The summed E-state index contributed by atoms with van der Waals surface area (Å²) in [5.74, 6) is 0. The highest BCUT2D eigenvalue weighted by molar-refractivity contribution is 7.17. The normalized spacial score (nSPS) is 11.0. The molecule has 0 aliphatic heterocycles. The van der Waals surface area contributed by atoms with Crippen molar-refractivity contribution in [1.29, 1.82) is 0 Å². The first-order valence-corrected chi connectivity index (χ1v) is 6.55. The van der Waals surface area contributed by atoms with Crippen LogP contribution in [0.2, 0.25) is 5.02 Å². The van der Waals surface area contributed by atoms with E-state index in [2.05, 4.69) is 22.5 Å². The van der Waals surface area contributed by atoms with Gasteiger partial charge in [-0.05, 0) is 23.6 Å². The summed E-state index contributed by atoms with van der Waals surface area (Å²) in [5.41, 5.74) is 3.92. The quantitative estimate of drug-likeness (QED) is 0.612. The molecule has 3 aromatic rings. The molecule has 1 nitrogen and oxygen atoms in total. The molecule has 0 aliphatic carbocycles. The topological polar surface area (TPSA) is 12.9 Å². The summed E-state index contributed by atoms with van der Waals surface area (Å²) in [7, 11) is 0. The molecule has 0 aliphatic rings. The Balaban J connectivity index is 2.30. The van der Waals surface area contributed by atoms with E-state index in [-0.39, 0.29) is 0 Å². The largest absolute Gasteiger partial charge is 0.245 e. The van der Waals surface area contributed by atoms with E-state index in [9.17, 15) is 0 Å². The zero-order chi connectivity index (χ0) is 10.3. The number of aromatic nitrogens is 1. The van der Waals surface area contributed by atoms with Gasteiger partial charge >= 0.3 is 0 Å². The Morgan fingerprint density at radius 3 is 2.93 bits per heavy atom. The van der Waals surface area contributed by atoms with E-state index in [1.54, 1.807) is 22.7 Å². The highest BCUT2D eigenvalue weighted by Crippen LogP contribution is 2.35. The van der Waals surface area contributed by atoms with Crippen molar-refractivity contribution in [2.24, 2.45) is 0 Å². The lowest BCUT2D eigenvalue weighted by molar-refractivity contribution is 1.50. The molecule has 0 amide bonds. The lowest BCUT2D eigenvalue weighted by Crippen LogP contribution is -1.75. The predicted molar refractivity (Wildman–Crippen MR) is 67.9 cm³/mol. The van der Waals surface area contributed by atoms with E-state index in [1.165, 1.54) is 9.58 Å². The van der Waals surface area contributed by atoms with Gasteiger partial charge in [0.2, 0.25) is 0 Å². The highest BCUT2D eigenvalue weighted by Gasteiger charge is 2.07. The lowest BCUT2D eigenvalue weighted by Gasteiger charge is -2.00. The molecule has 2 aromatic heterocycles. The zero-order valence-electron chi connectivity index (χ0n) is 7.61. The fourth-order valence-corrected chi connectivity index (χ4v) is 3.27. The van der Waals surface area contributed by atoms with Gasteiger partial charge in [0, 0.05) is 10.4 Å². The summed E-state index contributed by atoms with van der Waals surface area (Å²) in [4.78, 5) is 5.44. The van der Waals surface area contributed by atoms with Gasteiger partial charge in [0.15, 0.2) is 0 Å². The standard InChI is InChI=1S/C11H6ClNS2/c12-8-5-9-11(15-6-13-9)4-7(8)10-2-1-3-14-10/h1-6H. The molecule has 0 spiro atoms. The predicted octanol–water partition coefficient (Wildman–Crippen LogP) is 4.68. The Bertz CT molecular complexity index is 598. The second-order valence-corrected chi connectivity index (χ2v) is 5.37. The van der Waals surface area contributed by atoms with Crippen LogP contribution in [-0.4, -0.2) is 4.98 Å². The lowest BCUT2D eigenvalue weighted by atomic mass is 10.2. The number of rotatable bonds is 1. The number of thiophene rings is 1. The van der Waals surface area contributed by atoms with Crippen LogP contribution in [0.4, 0.5) is 0 Å². The second kappa shape index (κ2) is 3.59. The van der Waals surface area contributed by atoms with Crippen molar-refractivity contribution in [3.63, 3.8) is 0 Å². The van der Waals surface area contributed by atoms with Crippen molar-refractivity contribution < 1.29 is 0 Å². The molecule has 74 valence electrons. The van der Waals surface area contributed by atoms with E-state index in [1.807, 2.05) is 17.6 Å². The van der Waals surface area contributed by atoms with Gasteiger partial charge < -0.3 is 0 Å². The molecule has 0 N–H and O–H groups in total. The molecule has 15 heavy (non-hydrogen) atoms. The molecular formula is C11H6ClNS2. The van der Waals surface area contributed by atoms with Crippen molar-refractivity contribution in [2.75, 3.05) is 0 Å². The van der Waals surface area contributed by atoms with Crippen molar-refractivity contribution in [3.8, 4) is 10.4 Å². The number of hydrogen-bond acceptors (Lipinski definition) is 3. The monoisotopic (exact) mass is 251 g/mol. The number of nitrogens with zero attached hydrogens (tertiary/aromatic N) is 1. The maximum Gasteiger partial charge on any atom is 0.0827 e. The molecule has 0 saturated heterocycles. The number of fused-ring (bicyclic) bond motifs is 1. The summed E-state index contributed by atoms with van der Waals surface area (Å²) in [6.45, 7) is 0. The number of hydrogen-bond donors (Lipinski definition) is 0. The van der Waals surface area contributed by atoms with Crippen LogP contribution in [0, 0.1) is 0 Å². The third-order valence-electron chi connectivity index (χ3n) is 2.21. The summed E-state index contributed by atoms with van der Waals surface area (Å²) >= 11 is 9.57. The highest BCUT2D eigenvalue weighted by atomic mass is 35.5. The average molecular weight is 252 g/mol. The summed E-state index contributed by atoms with van der Waals surface area (Å²) in [5, 5.41) is 2.83. The summed E-state index contributed by atoms with van der Waals surface area (Å²) in [6.07, 6.45) is 0. The van der Waals surface area contributed by atoms with E-state index in [0.29, 0.717) is 0 Å². The minimum atomic E-state index is 0.774. The first-order valence-electron chi connectivity index (χ1n) is 4.41. The third-order valence-corrected chi connectivity index (χ3v) is 4.21. The Morgan fingerprint density at radius 1 is 1.20 bits per heavy atom. The number of thiazole rings is 1. The van der Waals surface area contributed by atoms with Gasteiger partial charge in [-0.1, -0.05) is 17.7 Å². The van der Waals surface area contributed by atoms with E-state index in [0.717, 1.165) is 16.1 Å². The van der Waals surface area contributed by atoms with Crippen molar-refractivity contribution in [1.82, 2.24) is 4.98 Å². The SMILES string of the molecule is Clc1cc2ncsc2cc1-c1cccs1. The fourth-order valence-electron chi connectivity index (χ4n) is 1.50. The van der Waals surface area contributed by atoms with Gasteiger partial charge in [-0.3, -0.25) is 0 Å².